The van der Waals surface area contributed by atoms with E-state index >= 15 is 0 Å². The number of rotatable bonds is 1. The van der Waals surface area contributed by atoms with Gasteiger partial charge in [0, 0.05) is 44.2 Å². The molecule has 0 saturated carbocycles. The van der Waals surface area contributed by atoms with Gasteiger partial charge in [-0.05, 0) is 12.1 Å². The van der Waals surface area contributed by atoms with Crippen LogP contribution in [0.4, 0.5) is 5.82 Å². The highest BCUT2D eigenvalue weighted by Crippen LogP contribution is 2.36. The second-order valence-electron chi connectivity index (χ2n) is 5.57. The predicted molar refractivity (Wildman–Crippen MR) is 71.6 cm³/mol. The van der Waals surface area contributed by atoms with Gasteiger partial charge in [-0.1, -0.05) is 0 Å². The minimum Gasteiger partial charge on any atom is -0.486 e. The summed E-state index contributed by atoms with van der Waals surface area (Å²) < 4.78 is 11.6. The van der Waals surface area contributed by atoms with Crippen molar-refractivity contribution in [2.75, 3.05) is 37.7 Å². The fraction of sp³-hybridized carbons (Fsp3) is 0.643. The summed E-state index contributed by atoms with van der Waals surface area (Å²) >= 11 is 0. The van der Waals surface area contributed by atoms with Crippen molar-refractivity contribution >= 4 is 5.82 Å². The standard InChI is InChI=1S/C14H19N3O2/c1-2-12-14(16-3-1)17-5-4-15-7-11(17)6-13(19-12)10-8-18-9-10/h1-3,10-11,13,15H,4-9H2. The molecular formula is C14H19N3O2. The van der Waals surface area contributed by atoms with Crippen molar-refractivity contribution in [2.45, 2.75) is 18.6 Å². The van der Waals surface area contributed by atoms with Crippen LogP contribution in [-0.4, -0.2) is 50.0 Å². The van der Waals surface area contributed by atoms with Gasteiger partial charge in [-0.3, -0.25) is 0 Å². The average Bonchev–Trinajstić information content (AvgIpc) is 2.53. The van der Waals surface area contributed by atoms with Crippen LogP contribution >= 0.6 is 0 Å². The van der Waals surface area contributed by atoms with E-state index in [2.05, 4.69) is 15.2 Å². The van der Waals surface area contributed by atoms with Gasteiger partial charge >= 0.3 is 0 Å². The van der Waals surface area contributed by atoms with Gasteiger partial charge in [0.25, 0.3) is 0 Å². The molecule has 3 aliphatic heterocycles. The van der Waals surface area contributed by atoms with E-state index in [1.165, 1.54) is 0 Å². The van der Waals surface area contributed by atoms with E-state index in [0.29, 0.717) is 12.0 Å². The zero-order valence-electron chi connectivity index (χ0n) is 10.9. The summed E-state index contributed by atoms with van der Waals surface area (Å²) in [5.74, 6) is 2.48. The molecule has 0 bridgehead atoms. The third-order valence-electron chi connectivity index (χ3n) is 4.35. The summed E-state index contributed by atoms with van der Waals surface area (Å²) in [6, 6.07) is 4.48. The van der Waals surface area contributed by atoms with Gasteiger partial charge in [0.1, 0.15) is 6.10 Å². The molecule has 2 unspecified atom stereocenters. The lowest BCUT2D eigenvalue weighted by Gasteiger charge is -2.38. The number of hydrogen-bond donors (Lipinski definition) is 1. The number of anilines is 1. The van der Waals surface area contributed by atoms with Gasteiger partial charge < -0.3 is 19.7 Å². The highest BCUT2D eigenvalue weighted by molar-refractivity contribution is 5.54. The Balaban J connectivity index is 1.68. The van der Waals surface area contributed by atoms with Crippen LogP contribution < -0.4 is 15.0 Å². The zero-order chi connectivity index (χ0) is 12.7. The smallest absolute Gasteiger partial charge is 0.171 e. The van der Waals surface area contributed by atoms with E-state index in [1.54, 1.807) is 0 Å². The molecule has 1 aromatic heterocycles. The van der Waals surface area contributed by atoms with Crippen LogP contribution in [0.15, 0.2) is 18.3 Å². The summed E-state index contributed by atoms with van der Waals surface area (Å²) in [5.41, 5.74) is 0. The molecule has 2 saturated heterocycles. The number of piperazine rings is 1. The summed E-state index contributed by atoms with van der Waals surface area (Å²) in [4.78, 5) is 6.95. The number of nitrogens with zero attached hydrogens (tertiary/aromatic N) is 2. The quantitative estimate of drug-likeness (QED) is 0.804. The summed E-state index contributed by atoms with van der Waals surface area (Å²) in [5, 5.41) is 3.48. The highest BCUT2D eigenvalue weighted by atomic mass is 16.5. The molecule has 1 N–H and O–H groups in total. The first kappa shape index (κ1) is 11.5. The Kier molecular flexibility index (Phi) is 2.81. The van der Waals surface area contributed by atoms with Gasteiger partial charge in [-0.15, -0.1) is 0 Å². The van der Waals surface area contributed by atoms with E-state index < -0.39 is 0 Å². The Hall–Kier alpha value is -1.33. The van der Waals surface area contributed by atoms with Crippen LogP contribution in [0.3, 0.4) is 0 Å². The summed E-state index contributed by atoms with van der Waals surface area (Å²) in [6.45, 7) is 4.71. The molecule has 1 aromatic rings. The SMILES string of the molecule is c1cnc2c(c1)OC(C1COC1)CC1CNCCN21. The lowest BCUT2D eigenvalue weighted by molar-refractivity contribution is -0.0849. The monoisotopic (exact) mass is 261 g/mol. The largest absolute Gasteiger partial charge is 0.486 e. The molecule has 19 heavy (non-hydrogen) atoms. The number of aromatic nitrogens is 1. The zero-order valence-corrected chi connectivity index (χ0v) is 10.9. The van der Waals surface area contributed by atoms with E-state index in [-0.39, 0.29) is 6.10 Å². The van der Waals surface area contributed by atoms with E-state index in [1.807, 2.05) is 18.3 Å². The number of ether oxygens (including phenoxy) is 2. The van der Waals surface area contributed by atoms with Crippen LogP contribution in [0.25, 0.3) is 0 Å². The fourth-order valence-corrected chi connectivity index (χ4v) is 3.18. The minimum atomic E-state index is 0.256. The molecule has 0 radical (unpaired) electrons. The summed E-state index contributed by atoms with van der Waals surface area (Å²) in [7, 11) is 0. The maximum Gasteiger partial charge on any atom is 0.171 e. The van der Waals surface area contributed by atoms with Gasteiger partial charge in [-0.2, -0.15) is 0 Å². The third kappa shape index (κ3) is 1.97. The Morgan fingerprint density at radius 1 is 1.37 bits per heavy atom. The molecule has 0 aliphatic carbocycles. The second-order valence-corrected chi connectivity index (χ2v) is 5.57. The minimum absolute atomic E-state index is 0.256. The normalized spacial score (nSPS) is 30.6. The van der Waals surface area contributed by atoms with Crippen molar-refractivity contribution in [3.8, 4) is 5.75 Å². The topological polar surface area (TPSA) is 46.6 Å². The number of hydrogen-bond acceptors (Lipinski definition) is 5. The Bertz CT molecular complexity index is 464. The second kappa shape index (κ2) is 4.65. The highest BCUT2D eigenvalue weighted by Gasteiger charge is 2.38. The lowest BCUT2D eigenvalue weighted by atomic mass is 9.94. The van der Waals surface area contributed by atoms with Crippen molar-refractivity contribution in [1.82, 2.24) is 10.3 Å². The number of nitrogens with one attached hydrogen (secondary N) is 1. The van der Waals surface area contributed by atoms with Gasteiger partial charge in [-0.25, -0.2) is 4.98 Å². The molecule has 5 nitrogen and oxygen atoms in total. The Morgan fingerprint density at radius 3 is 3.16 bits per heavy atom. The number of fused-ring (bicyclic) bond motifs is 3. The predicted octanol–water partition coefficient (Wildman–Crippen LogP) is 0.657. The molecular weight excluding hydrogens is 242 g/mol. The molecule has 4 heterocycles. The third-order valence-corrected chi connectivity index (χ3v) is 4.35. The molecule has 0 amide bonds. The molecule has 3 aliphatic rings. The average molecular weight is 261 g/mol. The van der Waals surface area contributed by atoms with Crippen molar-refractivity contribution in [1.29, 1.82) is 0 Å². The Labute approximate surface area is 112 Å². The van der Waals surface area contributed by atoms with Crippen molar-refractivity contribution in [3.05, 3.63) is 18.3 Å². The lowest BCUT2D eigenvalue weighted by Crippen LogP contribution is -2.53. The van der Waals surface area contributed by atoms with Crippen LogP contribution in [0, 0.1) is 5.92 Å². The van der Waals surface area contributed by atoms with E-state index in [0.717, 1.165) is 50.8 Å². The first-order valence-corrected chi connectivity index (χ1v) is 7.08. The molecule has 0 aromatic carbocycles. The first-order valence-electron chi connectivity index (χ1n) is 7.08. The van der Waals surface area contributed by atoms with Crippen LogP contribution in [-0.2, 0) is 4.74 Å². The van der Waals surface area contributed by atoms with E-state index in [4.69, 9.17) is 9.47 Å². The maximum absolute atomic E-state index is 6.24. The van der Waals surface area contributed by atoms with Crippen LogP contribution in [0.2, 0.25) is 0 Å². The first-order chi connectivity index (χ1) is 9.42. The summed E-state index contributed by atoms with van der Waals surface area (Å²) in [6.07, 6.45) is 3.16. The van der Waals surface area contributed by atoms with Gasteiger partial charge in [0.2, 0.25) is 0 Å². The van der Waals surface area contributed by atoms with Crippen molar-refractivity contribution in [2.24, 2.45) is 5.92 Å². The molecule has 2 fully saturated rings. The molecule has 2 atom stereocenters. The number of pyridine rings is 1. The van der Waals surface area contributed by atoms with Gasteiger partial charge in [0.05, 0.1) is 13.2 Å². The molecule has 102 valence electrons. The van der Waals surface area contributed by atoms with Crippen molar-refractivity contribution in [3.63, 3.8) is 0 Å². The molecule has 0 spiro atoms. The van der Waals surface area contributed by atoms with Crippen LogP contribution in [0.1, 0.15) is 6.42 Å². The van der Waals surface area contributed by atoms with Crippen LogP contribution in [0.5, 0.6) is 5.75 Å². The fourth-order valence-electron chi connectivity index (χ4n) is 3.18. The van der Waals surface area contributed by atoms with E-state index in [9.17, 15) is 0 Å². The van der Waals surface area contributed by atoms with Gasteiger partial charge in [0.15, 0.2) is 11.6 Å². The maximum atomic E-state index is 6.24. The molecule has 4 rings (SSSR count). The van der Waals surface area contributed by atoms with Crippen molar-refractivity contribution < 1.29 is 9.47 Å². The molecule has 5 heteroatoms. The Morgan fingerprint density at radius 2 is 2.32 bits per heavy atom.